The first-order chi connectivity index (χ1) is 11.5. The van der Waals surface area contributed by atoms with Gasteiger partial charge < -0.3 is 15.4 Å². The van der Waals surface area contributed by atoms with Crippen LogP contribution in [0.15, 0.2) is 48.5 Å². The van der Waals surface area contributed by atoms with E-state index in [0.29, 0.717) is 11.3 Å². The summed E-state index contributed by atoms with van der Waals surface area (Å²) in [5.41, 5.74) is 2.10. The van der Waals surface area contributed by atoms with Crippen molar-refractivity contribution in [2.75, 3.05) is 19.0 Å². The van der Waals surface area contributed by atoms with Crippen molar-refractivity contribution in [1.82, 2.24) is 5.32 Å². The minimum atomic E-state index is -0.547. The SMILES string of the molecule is COC(=O)c1ccccc1NC(=O)CNC(=O)c1ccc(C)cc1. The second kappa shape index (κ2) is 7.92. The van der Waals surface area contributed by atoms with E-state index in [9.17, 15) is 14.4 Å². The summed E-state index contributed by atoms with van der Waals surface area (Å²) in [6, 6.07) is 13.5. The topological polar surface area (TPSA) is 84.5 Å². The number of rotatable bonds is 5. The standard InChI is InChI=1S/C18H18N2O4/c1-12-7-9-13(10-8-12)17(22)19-11-16(21)20-15-6-4-3-5-14(15)18(23)24-2/h3-10H,11H2,1-2H3,(H,19,22)(H,20,21). The van der Waals surface area contributed by atoms with Crippen LogP contribution in [-0.4, -0.2) is 31.4 Å². The molecule has 0 heterocycles. The van der Waals surface area contributed by atoms with Crippen LogP contribution in [0.4, 0.5) is 5.69 Å². The average Bonchev–Trinajstić information content (AvgIpc) is 2.60. The van der Waals surface area contributed by atoms with Crippen LogP contribution in [0.5, 0.6) is 0 Å². The number of hydrogen-bond donors (Lipinski definition) is 2. The Labute approximate surface area is 139 Å². The molecule has 0 saturated heterocycles. The molecule has 0 aromatic heterocycles. The lowest BCUT2D eigenvalue weighted by Gasteiger charge is -2.10. The van der Waals surface area contributed by atoms with Gasteiger partial charge in [-0.3, -0.25) is 9.59 Å². The Kier molecular flexibility index (Phi) is 5.68. The Balaban J connectivity index is 1.95. The fourth-order valence-electron chi connectivity index (χ4n) is 2.04. The van der Waals surface area contributed by atoms with E-state index in [1.165, 1.54) is 7.11 Å². The Morgan fingerprint density at radius 3 is 2.33 bits per heavy atom. The molecule has 0 saturated carbocycles. The molecule has 0 radical (unpaired) electrons. The van der Waals surface area contributed by atoms with Gasteiger partial charge >= 0.3 is 5.97 Å². The van der Waals surface area contributed by atoms with Gasteiger partial charge in [-0.25, -0.2) is 4.79 Å². The van der Waals surface area contributed by atoms with Crippen LogP contribution in [-0.2, 0) is 9.53 Å². The number of ether oxygens (including phenoxy) is 1. The first-order valence-corrected chi connectivity index (χ1v) is 7.33. The van der Waals surface area contributed by atoms with E-state index in [1.54, 1.807) is 36.4 Å². The maximum absolute atomic E-state index is 12.0. The van der Waals surface area contributed by atoms with Gasteiger partial charge in [0.15, 0.2) is 0 Å². The van der Waals surface area contributed by atoms with Crippen molar-refractivity contribution < 1.29 is 19.1 Å². The molecule has 24 heavy (non-hydrogen) atoms. The van der Waals surface area contributed by atoms with Gasteiger partial charge in [0.25, 0.3) is 5.91 Å². The van der Waals surface area contributed by atoms with Crippen LogP contribution in [0.2, 0.25) is 0 Å². The van der Waals surface area contributed by atoms with Crippen LogP contribution in [0, 0.1) is 6.92 Å². The highest BCUT2D eigenvalue weighted by atomic mass is 16.5. The highest BCUT2D eigenvalue weighted by Gasteiger charge is 2.14. The zero-order valence-electron chi connectivity index (χ0n) is 13.5. The summed E-state index contributed by atoms with van der Waals surface area (Å²) in [5, 5.41) is 5.12. The number of hydrogen-bond acceptors (Lipinski definition) is 4. The zero-order valence-corrected chi connectivity index (χ0v) is 13.5. The summed E-state index contributed by atoms with van der Waals surface area (Å²) >= 11 is 0. The van der Waals surface area contributed by atoms with Crippen molar-refractivity contribution in [2.24, 2.45) is 0 Å². The average molecular weight is 326 g/mol. The van der Waals surface area contributed by atoms with E-state index in [1.807, 2.05) is 19.1 Å². The van der Waals surface area contributed by atoms with Crippen molar-refractivity contribution in [3.63, 3.8) is 0 Å². The Hall–Kier alpha value is -3.15. The molecule has 0 unspecified atom stereocenters. The van der Waals surface area contributed by atoms with Gasteiger partial charge in [-0.1, -0.05) is 29.8 Å². The summed E-state index contributed by atoms with van der Waals surface area (Å²) < 4.78 is 4.66. The van der Waals surface area contributed by atoms with E-state index in [4.69, 9.17) is 0 Å². The summed E-state index contributed by atoms with van der Waals surface area (Å²) in [7, 11) is 1.27. The smallest absolute Gasteiger partial charge is 0.339 e. The second-order valence-corrected chi connectivity index (χ2v) is 5.13. The van der Waals surface area contributed by atoms with Crippen molar-refractivity contribution in [1.29, 1.82) is 0 Å². The highest BCUT2D eigenvalue weighted by Crippen LogP contribution is 2.15. The van der Waals surface area contributed by atoms with E-state index in [2.05, 4.69) is 15.4 Å². The number of anilines is 1. The van der Waals surface area contributed by atoms with Crippen LogP contribution in [0.3, 0.4) is 0 Å². The van der Waals surface area contributed by atoms with E-state index < -0.39 is 11.9 Å². The van der Waals surface area contributed by atoms with Gasteiger partial charge in [0.05, 0.1) is 24.9 Å². The molecule has 2 rings (SSSR count). The van der Waals surface area contributed by atoms with Gasteiger partial charge in [-0.15, -0.1) is 0 Å². The first kappa shape index (κ1) is 17.2. The monoisotopic (exact) mass is 326 g/mol. The molecular weight excluding hydrogens is 308 g/mol. The number of aryl methyl sites for hydroxylation is 1. The number of carbonyl (C=O) groups is 3. The number of nitrogens with one attached hydrogen (secondary N) is 2. The molecule has 6 heteroatoms. The number of methoxy groups -OCH3 is 1. The lowest BCUT2D eigenvalue weighted by atomic mass is 10.1. The third kappa shape index (κ3) is 4.42. The summed E-state index contributed by atoms with van der Waals surface area (Å²) in [6.45, 7) is 1.72. The molecule has 6 nitrogen and oxygen atoms in total. The van der Waals surface area contributed by atoms with Crippen LogP contribution < -0.4 is 10.6 Å². The van der Waals surface area contributed by atoms with Crippen LogP contribution >= 0.6 is 0 Å². The second-order valence-electron chi connectivity index (χ2n) is 5.13. The molecule has 0 spiro atoms. The van der Waals surface area contributed by atoms with E-state index in [-0.39, 0.29) is 18.0 Å². The molecule has 0 aliphatic heterocycles. The molecule has 0 aliphatic carbocycles. The van der Waals surface area contributed by atoms with E-state index in [0.717, 1.165) is 5.56 Å². The molecule has 0 atom stereocenters. The predicted molar refractivity (Wildman–Crippen MR) is 89.9 cm³/mol. The van der Waals surface area contributed by atoms with Gasteiger partial charge in [0.1, 0.15) is 0 Å². The first-order valence-electron chi connectivity index (χ1n) is 7.33. The zero-order chi connectivity index (χ0) is 17.5. The van der Waals surface area contributed by atoms with Crippen LogP contribution in [0.25, 0.3) is 0 Å². The molecule has 0 fully saturated rings. The Morgan fingerprint density at radius 2 is 1.67 bits per heavy atom. The number of benzene rings is 2. The van der Waals surface area contributed by atoms with Crippen molar-refractivity contribution in [3.05, 3.63) is 65.2 Å². The molecular formula is C18H18N2O4. The fourth-order valence-corrected chi connectivity index (χ4v) is 2.04. The summed E-state index contributed by atoms with van der Waals surface area (Å²) in [6.07, 6.45) is 0. The predicted octanol–water partition coefficient (Wildman–Crippen LogP) is 2.15. The number of amides is 2. The lowest BCUT2D eigenvalue weighted by molar-refractivity contribution is -0.115. The molecule has 2 aromatic carbocycles. The maximum Gasteiger partial charge on any atom is 0.339 e. The quantitative estimate of drug-likeness (QED) is 0.825. The highest BCUT2D eigenvalue weighted by molar-refractivity contribution is 6.03. The van der Waals surface area contributed by atoms with Crippen molar-refractivity contribution >= 4 is 23.5 Å². The molecule has 2 N–H and O–H groups in total. The van der Waals surface area contributed by atoms with Crippen molar-refractivity contribution in [2.45, 2.75) is 6.92 Å². The van der Waals surface area contributed by atoms with E-state index >= 15 is 0 Å². The number of esters is 1. The minimum absolute atomic E-state index is 0.206. The molecule has 0 aliphatic rings. The lowest BCUT2D eigenvalue weighted by Crippen LogP contribution is -2.33. The Morgan fingerprint density at radius 1 is 1.00 bits per heavy atom. The molecule has 0 bridgehead atoms. The van der Waals surface area contributed by atoms with Gasteiger partial charge in [0, 0.05) is 5.56 Å². The molecule has 2 aromatic rings. The number of carbonyl (C=O) groups excluding carboxylic acids is 3. The third-order valence-electron chi connectivity index (χ3n) is 3.33. The third-order valence-corrected chi connectivity index (χ3v) is 3.33. The minimum Gasteiger partial charge on any atom is -0.465 e. The summed E-state index contributed by atoms with van der Waals surface area (Å²) in [5.74, 6) is -1.33. The van der Waals surface area contributed by atoms with Gasteiger partial charge in [-0.05, 0) is 31.2 Å². The van der Waals surface area contributed by atoms with Gasteiger partial charge in [0.2, 0.25) is 5.91 Å². The summed E-state index contributed by atoms with van der Waals surface area (Å²) in [4.78, 5) is 35.6. The van der Waals surface area contributed by atoms with Crippen molar-refractivity contribution in [3.8, 4) is 0 Å². The maximum atomic E-state index is 12.0. The van der Waals surface area contributed by atoms with Crippen LogP contribution in [0.1, 0.15) is 26.3 Å². The normalized spacial score (nSPS) is 9.92. The fraction of sp³-hybridized carbons (Fsp3) is 0.167. The Bertz CT molecular complexity index is 754. The molecule has 2 amide bonds. The largest absolute Gasteiger partial charge is 0.465 e. The van der Waals surface area contributed by atoms with Gasteiger partial charge in [-0.2, -0.15) is 0 Å². The number of para-hydroxylation sites is 1. The molecule has 124 valence electrons.